The highest BCUT2D eigenvalue weighted by molar-refractivity contribution is 9.09. The van der Waals surface area contributed by atoms with Gasteiger partial charge < -0.3 is 9.84 Å². The van der Waals surface area contributed by atoms with Gasteiger partial charge in [0.15, 0.2) is 0 Å². The standard InChI is InChI=1S/C14H25BrO4/c1-9-6-7-11-4-3-5-12(10(2)13(15)16)14(11,19-17)8-18-9/h9-13,16-17H,3-8H2,1-2H3. The third-order valence-electron chi connectivity index (χ3n) is 5.14. The minimum Gasteiger partial charge on any atom is -0.382 e. The van der Waals surface area contributed by atoms with Gasteiger partial charge in [-0.25, -0.2) is 4.89 Å². The Bertz CT molecular complexity index is 299. The van der Waals surface area contributed by atoms with Crippen LogP contribution in [-0.4, -0.2) is 33.7 Å². The first-order chi connectivity index (χ1) is 9.01. The van der Waals surface area contributed by atoms with Crippen molar-refractivity contribution in [3.8, 4) is 0 Å². The van der Waals surface area contributed by atoms with E-state index < -0.39 is 10.6 Å². The lowest BCUT2D eigenvalue weighted by molar-refractivity contribution is -0.372. The van der Waals surface area contributed by atoms with E-state index in [4.69, 9.17) is 9.62 Å². The maximum absolute atomic E-state index is 9.83. The summed E-state index contributed by atoms with van der Waals surface area (Å²) in [6.45, 7) is 4.49. The highest BCUT2D eigenvalue weighted by Gasteiger charge is 2.53. The lowest BCUT2D eigenvalue weighted by atomic mass is 9.63. The van der Waals surface area contributed by atoms with Crippen molar-refractivity contribution in [2.45, 2.75) is 62.7 Å². The summed E-state index contributed by atoms with van der Waals surface area (Å²) >= 11 is 3.25. The lowest BCUT2D eigenvalue weighted by Crippen LogP contribution is -2.55. The van der Waals surface area contributed by atoms with Gasteiger partial charge in [-0.2, -0.15) is 0 Å². The van der Waals surface area contributed by atoms with Gasteiger partial charge in [-0.3, -0.25) is 5.26 Å². The summed E-state index contributed by atoms with van der Waals surface area (Å²) in [4.78, 5) is 5.04. The molecule has 0 bridgehead atoms. The van der Waals surface area contributed by atoms with Gasteiger partial charge in [0.2, 0.25) is 0 Å². The van der Waals surface area contributed by atoms with Crippen molar-refractivity contribution >= 4 is 15.9 Å². The molecule has 5 heteroatoms. The van der Waals surface area contributed by atoms with Crippen molar-refractivity contribution in [1.29, 1.82) is 0 Å². The van der Waals surface area contributed by atoms with Crippen molar-refractivity contribution in [2.75, 3.05) is 6.61 Å². The zero-order chi connectivity index (χ0) is 14.0. The first-order valence-corrected chi connectivity index (χ1v) is 8.19. The van der Waals surface area contributed by atoms with Gasteiger partial charge in [0.1, 0.15) is 10.6 Å². The Morgan fingerprint density at radius 2 is 2.05 bits per heavy atom. The van der Waals surface area contributed by atoms with E-state index in [0.29, 0.717) is 12.5 Å². The quantitative estimate of drug-likeness (QED) is 0.472. The minimum atomic E-state index is -0.656. The molecule has 0 spiro atoms. The van der Waals surface area contributed by atoms with E-state index in [2.05, 4.69) is 22.9 Å². The Kier molecular flexibility index (Phi) is 5.28. The Balaban J connectivity index is 2.27. The molecule has 1 saturated heterocycles. The molecule has 0 aromatic heterocycles. The van der Waals surface area contributed by atoms with Crippen LogP contribution in [0.3, 0.4) is 0 Å². The van der Waals surface area contributed by atoms with E-state index in [1.54, 1.807) is 0 Å². The SMILES string of the molecule is CC1CCC2CCCC(C(C)C(O)Br)C2(OO)CO1. The Morgan fingerprint density at radius 3 is 2.68 bits per heavy atom. The predicted molar refractivity (Wildman–Crippen MR) is 76.0 cm³/mol. The van der Waals surface area contributed by atoms with Gasteiger partial charge in [0.05, 0.1) is 12.7 Å². The summed E-state index contributed by atoms with van der Waals surface area (Å²) in [5, 5.41) is 18.9. The normalized spacial score (nSPS) is 43.1. The Morgan fingerprint density at radius 1 is 1.32 bits per heavy atom. The molecule has 112 valence electrons. The van der Waals surface area contributed by atoms with Crippen molar-refractivity contribution in [3.63, 3.8) is 0 Å². The molecule has 2 aliphatic rings. The molecule has 2 rings (SSSR count). The number of halogens is 1. The van der Waals surface area contributed by atoms with Crippen LogP contribution in [0.25, 0.3) is 0 Å². The number of hydrogen-bond donors (Lipinski definition) is 2. The second-order valence-electron chi connectivity index (χ2n) is 6.21. The average molecular weight is 337 g/mol. The van der Waals surface area contributed by atoms with Crippen LogP contribution in [0.4, 0.5) is 0 Å². The van der Waals surface area contributed by atoms with Crippen molar-refractivity contribution in [3.05, 3.63) is 0 Å². The van der Waals surface area contributed by atoms with Crippen LogP contribution in [0.2, 0.25) is 0 Å². The zero-order valence-electron chi connectivity index (χ0n) is 11.7. The van der Waals surface area contributed by atoms with Crippen LogP contribution in [0.1, 0.15) is 46.0 Å². The largest absolute Gasteiger partial charge is 0.382 e. The summed E-state index contributed by atoms with van der Waals surface area (Å²) in [6.07, 6.45) is 5.38. The predicted octanol–water partition coefficient (Wildman–Crippen LogP) is 3.18. The van der Waals surface area contributed by atoms with Crippen molar-refractivity contribution in [1.82, 2.24) is 0 Å². The van der Waals surface area contributed by atoms with Crippen LogP contribution in [0, 0.1) is 17.8 Å². The molecule has 0 amide bonds. The third kappa shape index (κ3) is 3.00. The molecule has 4 nitrogen and oxygen atoms in total. The molecule has 0 aromatic carbocycles. The van der Waals surface area contributed by atoms with Crippen LogP contribution in [-0.2, 0) is 9.62 Å². The molecule has 19 heavy (non-hydrogen) atoms. The van der Waals surface area contributed by atoms with Gasteiger partial charge in [-0.15, -0.1) is 0 Å². The molecule has 2 fully saturated rings. The Hall–Kier alpha value is 0.320. The van der Waals surface area contributed by atoms with E-state index in [9.17, 15) is 10.4 Å². The van der Waals surface area contributed by atoms with E-state index in [0.717, 1.165) is 32.1 Å². The van der Waals surface area contributed by atoms with E-state index in [-0.39, 0.29) is 17.9 Å². The molecule has 1 saturated carbocycles. The highest BCUT2D eigenvalue weighted by Crippen LogP contribution is 2.49. The molecular weight excluding hydrogens is 312 g/mol. The van der Waals surface area contributed by atoms with Gasteiger partial charge in [0.25, 0.3) is 0 Å². The van der Waals surface area contributed by atoms with Gasteiger partial charge in [-0.1, -0.05) is 29.3 Å². The summed E-state index contributed by atoms with van der Waals surface area (Å²) in [5.41, 5.74) is -0.656. The Labute approximate surface area is 123 Å². The monoisotopic (exact) mass is 336 g/mol. The second kappa shape index (κ2) is 6.39. The van der Waals surface area contributed by atoms with Crippen molar-refractivity contribution < 1.29 is 20.0 Å². The van der Waals surface area contributed by atoms with Crippen molar-refractivity contribution in [2.24, 2.45) is 17.8 Å². The fraction of sp³-hybridized carbons (Fsp3) is 1.00. The molecule has 6 atom stereocenters. The van der Waals surface area contributed by atoms with Gasteiger partial charge in [0, 0.05) is 0 Å². The smallest absolute Gasteiger partial charge is 0.132 e. The third-order valence-corrected chi connectivity index (χ3v) is 5.97. The number of aliphatic hydroxyl groups is 1. The lowest BCUT2D eigenvalue weighted by Gasteiger charge is -2.48. The second-order valence-corrected chi connectivity index (χ2v) is 7.15. The van der Waals surface area contributed by atoms with E-state index in [1.807, 2.05) is 6.92 Å². The number of fused-ring (bicyclic) bond motifs is 1. The maximum Gasteiger partial charge on any atom is 0.132 e. The molecule has 2 N–H and O–H groups in total. The molecule has 0 aromatic rings. The fourth-order valence-corrected chi connectivity index (χ4v) is 4.22. The van der Waals surface area contributed by atoms with E-state index >= 15 is 0 Å². The summed E-state index contributed by atoms with van der Waals surface area (Å²) in [7, 11) is 0. The maximum atomic E-state index is 9.83. The van der Waals surface area contributed by atoms with Crippen LogP contribution in [0.5, 0.6) is 0 Å². The zero-order valence-corrected chi connectivity index (χ0v) is 13.3. The summed E-state index contributed by atoms with van der Waals surface area (Å²) < 4.78 is 5.84. The van der Waals surface area contributed by atoms with Gasteiger partial charge in [-0.05, 0) is 50.4 Å². The molecule has 1 aliphatic heterocycles. The average Bonchev–Trinajstić information content (AvgIpc) is 2.58. The highest BCUT2D eigenvalue weighted by atomic mass is 79.9. The van der Waals surface area contributed by atoms with Gasteiger partial charge >= 0.3 is 0 Å². The van der Waals surface area contributed by atoms with Crippen LogP contribution < -0.4 is 0 Å². The fourth-order valence-electron chi connectivity index (χ4n) is 3.85. The van der Waals surface area contributed by atoms with Crippen LogP contribution in [0.15, 0.2) is 0 Å². The summed E-state index contributed by atoms with van der Waals surface area (Å²) in [5.74, 6) is 0.442. The molecule has 1 aliphatic carbocycles. The molecular formula is C14H25BrO4. The van der Waals surface area contributed by atoms with E-state index in [1.165, 1.54) is 0 Å². The first-order valence-electron chi connectivity index (χ1n) is 7.27. The number of hydrogen-bond acceptors (Lipinski definition) is 4. The molecule has 1 heterocycles. The number of alkyl halides is 1. The topological polar surface area (TPSA) is 58.9 Å². The molecule has 6 unspecified atom stereocenters. The minimum absolute atomic E-state index is 0.0203. The number of ether oxygens (including phenoxy) is 1. The first kappa shape index (κ1) is 15.7. The van der Waals surface area contributed by atoms with Crippen LogP contribution >= 0.6 is 15.9 Å². The molecule has 0 radical (unpaired) electrons. The number of aliphatic hydroxyl groups excluding tert-OH is 1. The number of rotatable bonds is 3. The summed E-state index contributed by atoms with van der Waals surface area (Å²) in [6, 6.07) is 0.